The minimum absolute atomic E-state index is 0. The van der Waals surface area contributed by atoms with Gasteiger partial charge in [0.2, 0.25) is 0 Å². The number of hydrogen-bond donors (Lipinski definition) is 0. The van der Waals surface area contributed by atoms with Gasteiger partial charge >= 0.3 is 0 Å². The van der Waals surface area contributed by atoms with E-state index in [-0.39, 0.29) is 17.0 Å². The number of rotatable bonds is 1. The van der Waals surface area contributed by atoms with Crippen LogP contribution in [-0.2, 0) is 0 Å². The monoisotopic (exact) mass is 211 g/mol. The Hall–Kier alpha value is 0.266. The fourth-order valence-corrected chi connectivity index (χ4v) is 1.10. The Morgan fingerprint density at radius 2 is 1.90 bits per heavy atom. The van der Waals surface area contributed by atoms with Crippen molar-refractivity contribution in [3.8, 4) is 5.75 Å². The first-order valence-electron chi connectivity index (χ1n) is 2.79. The van der Waals surface area contributed by atoms with Crippen molar-refractivity contribution < 1.29 is 4.74 Å². The molecule has 0 saturated carbocycles. The van der Waals surface area contributed by atoms with Crippen molar-refractivity contribution in [3.05, 3.63) is 24.3 Å². The highest BCUT2D eigenvalue weighted by molar-refractivity contribution is 8.93. The summed E-state index contributed by atoms with van der Waals surface area (Å²) in [4.78, 5) is 0. The lowest BCUT2D eigenvalue weighted by molar-refractivity contribution is 0.418. The van der Waals surface area contributed by atoms with Gasteiger partial charge in [-0.25, -0.2) is 0 Å². The second kappa shape index (κ2) is 4.99. The molecule has 51 valence electrons. The standard InChI is InChI=1S/C7H7O.BrH.Mg/c1-8-7-5-3-2-4-6-7;;/h2-5H,1H3;1H;. The van der Waals surface area contributed by atoms with Crippen LogP contribution in [0.3, 0.4) is 0 Å². The van der Waals surface area contributed by atoms with Gasteiger partial charge in [0.05, 0.1) is 12.9 Å². The summed E-state index contributed by atoms with van der Waals surface area (Å²) >= 11 is 1.83. The molecule has 1 aromatic carbocycles. The van der Waals surface area contributed by atoms with Crippen LogP contribution in [0.2, 0.25) is 0 Å². The summed E-state index contributed by atoms with van der Waals surface area (Å²) < 4.78 is 6.26. The second-order valence-electron chi connectivity index (χ2n) is 1.81. The molecule has 0 fully saturated rings. The van der Waals surface area contributed by atoms with Crippen molar-refractivity contribution in [2.45, 2.75) is 0 Å². The lowest BCUT2D eigenvalue weighted by Gasteiger charge is -2.03. The third-order valence-electron chi connectivity index (χ3n) is 1.19. The minimum Gasteiger partial charge on any atom is -0.499 e. The van der Waals surface area contributed by atoms with Crippen LogP contribution in [0.25, 0.3) is 0 Å². The SMILES string of the molecule is Br.COc1cccc[c]1[Mg]. The molecule has 0 aliphatic heterocycles. The van der Waals surface area contributed by atoms with Crippen molar-refractivity contribution >= 4 is 42.4 Å². The van der Waals surface area contributed by atoms with Crippen LogP contribution in [0.1, 0.15) is 0 Å². The quantitative estimate of drug-likeness (QED) is 0.633. The van der Waals surface area contributed by atoms with Crippen LogP contribution in [0, 0.1) is 0 Å². The zero-order valence-corrected chi connectivity index (χ0v) is 8.96. The van der Waals surface area contributed by atoms with E-state index in [1.54, 1.807) is 7.11 Å². The molecule has 3 heteroatoms. The topological polar surface area (TPSA) is 9.23 Å². The Bertz CT molecular complexity index is 203. The molecule has 0 atom stereocenters. The molecular weight excluding hydrogens is 204 g/mol. The molecule has 0 aliphatic rings. The fourth-order valence-electron chi connectivity index (χ4n) is 0.703. The number of methoxy groups -OCH3 is 1. The van der Waals surface area contributed by atoms with Gasteiger partial charge in [0.25, 0.3) is 21.7 Å². The molecule has 10 heavy (non-hydrogen) atoms. The van der Waals surface area contributed by atoms with Crippen molar-refractivity contribution in [2.24, 2.45) is 0 Å². The van der Waals surface area contributed by atoms with Crippen LogP contribution in [0.15, 0.2) is 24.3 Å². The van der Waals surface area contributed by atoms with E-state index in [1.165, 1.54) is 3.69 Å². The van der Waals surface area contributed by atoms with E-state index in [4.69, 9.17) is 4.74 Å². The van der Waals surface area contributed by atoms with Gasteiger partial charge < -0.3 is 4.74 Å². The number of hydrogen-bond acceptors (Lipinski definition) is 1. The molecule has 0 aromatic heterocycles. The average Bonchev–Trinajstić information content (AvgIpc) is 1.89. The second-order valence-corrected chi connectivity index (χ2v) is 2.57. The summed E-state index contributed by atoms with van der Waals surface area (Å²) in [6, 6.07) is 7.97. The molecular formula is C7H8BrMgO. The van der Waals surface area contributed by atoms with E-state index in [2.05, 4.69) is 0 Å². The van der Waals surface area contributed by atoms with E-state index in [0.717, 1.165) is 5.75 Å². The van der Waals surface area contributed by atoms with Gasteiger partial charge in [-0.3, -0.25) is 0 Å². The van der Waals surface area contributed by atoms with Crippen molar-refractivity contribution in [2.75, 3.05) is 7.11 Å². The maximum Gasteiger partial charge on any atom is 0.282 e. The fraction of sp³-hybridized carbons (Fsp3) is 0.143. The summed E-state index contributed by atoms with van der Waals surface area (Å²) in [6.07, 6.45) is 0. The van der Waals surface area contributed by atoms with E-state index >= 15 is 0 Å². The van der Waals surface area contributed by atoms with Crippen LogP contribution < -0.4 is 8.43 Å². The first-order chi connectivity index (χ1) is 4.34. The number of benzene rings is 1. The maximum atomic E-state index is 5.05. The Kier molecular flexibility index (Phi) is 5.12. The molecule has 1 nitrogen and oxygen atoms in total. The first-order valence-corrected chi connectivity index (χ1v) is 3.50. The van der Waals surface area contributed by atoms with Gasteiger partial charge in [0, 0.05) is 0 Å². The Morgan fingerprint density at radius 3 is 2.30 bits per heavy atom. The smallest absolute Gasteiger partial charge is 0.282 e. The molecule has 0 spiro atoms. The van der Waals surface area contributed by atoms with Crippen molar-refractivity contribution in [1.29, 1.82) is 0 Å². The molecule has 0 amide bonds. The number of halogens is 1. The van der Waals surface area contributed by atoms with E-state index in [1.807, 2.05) is 46.0 Å². The predicted octanol–water partition coefficient (Wildman–Crippen LogP) is 1.07. The van der Waals surface area contributed by atoms with Gasteiger partial charge in [0.1, 0.15) is 0 Å². The zero-order valence-electron chi connectivity index (χ0n) is 5.83. The highest BCUT2D eigenvalue weighted by atomic mass is 79.9. The third kappa shape index (κ3) is 2.48. The van der Waals surface area contributed by atoms with E-state index in [9.17, 15) is 0 Å². The Labute approximate surface area is 84.0 Å². The van der Waals surface area contributed by atoms with Gasteiger partial charge in [-0.15, -0.1) is 17.0 Å². The summed E-state index contributed by atoms with van der Waals surface area (Å²) in [5.41, 5.74) is 0. The van der Waals surface area contributed by atoms with E-state index in [0.29, 0.717) is 0 Å². The summed E-state index contributed by atoms with van der Waals surface area (Å²) in [6.45, 7) is 0. The molecule has 1 radical (unpaired) electrons. The van der Waals surface area contributed by atoms with Gasteiger partial charge in [-0.2, -0.15) is 3.69 Å². The van der Waals surface area contributed by atoms with Gasteiger partial charge in [0.15, 0.2) is 0 Å². The van der Waals surface area contributed by atoms with Crippen molar-refractivity contribution in [3.63, 3.8) is 0 Å². The highest BCUT2D eigenvalue weighted by Gasteiger charge is 1.88. The zero-order chi connectivity index (χ0) is 6.69. The van der Waals surface area contributed by atoms with Crippen molar-refractivity contribution in [1.82, 2.24) is 0 Å². The third-order valence-corrected chi connectivity index (χ3v) is 1.78. The molecule has 1 rings (SSSR count). The molecule has 0 saturated heterocycles. The summed E-state index contributed by atoms with van der Waals surface area (Å²) in [7, 11) is 1.69. The van der Waals surface area contributed by atoms with Crippen LogP contribution in [0.5, 0.6) is 5.75 Å². The molecule has 0 N–H and O–H groups in total. The van der Waals surface area contributed by atoms with Crippen LogP contribution in [0.4, 0.5) is 0 Å². The Morgan fingerprint density at radius 1 is 1.30 bits per heavy atom. The average molecular weight is 212 g/mol. The summed E-state index contributed by atoms with van der Waals surface area (Å²) in [5.74, 6) is 0.968. The first kappa shape index (κ1) is 10.3. The largest absolute Gasteiger partial charge is 0.499 e. The lowest BCUT2D eigenvalue weighted by atomic mass is 10.3. The Balaban J connectivity index is 0.000000810. The maximum absolute atomic E-state index is 5.05. The van der Waals surface area contributed by atoms with Crippen LogP contribution >= 0.6 is 17.0 Å². The van der Waals surface area contributed by atoms with Gasteiger partial charge in [-0.05, 0) is 6.07 Å². The minimum atomic E-state index is 0. The summed E-state index contributed by atoms with van der Waals surface area (Å²) in [5, 5.41) is 0. The predicted molar refractivity (Wildman–Crippen MR) is 48.7 cm³/mol. The molecule has 0 bridgehead atoms. The lowest BCUT2D eigenvalue weighted by Crippen LogP contribution is -2.05. The van der Waals surface area contributed by atoms with Gasteiger partial charge in [-0.1, -0.05) is 18.2 Å². The highest BCUT2D eigenvalue weighted by Crippen LogP contribution is 2.01. The molecule has 1 aromatic rings. The normalized spacial score (nSPS) is 8.00. The molecule has 0 aliphatic carbocycles. The van der Waals surface area contributed by atoms with E-state index < -0.39 is 0 Å². The number of para-hydroxylation sites is 1. The molecule has 0 unspecified atom stereocenters. The van der Waals surface area contributed by atoms with Crippen LogP contribution in [-0.4, -0.2) is 28.8 Å². The molecule has 0 heterocycles. The number of ether oxygens (including phenoxy) is 1.